The van der Waals surface area contributed by atoms with E-state index in [0.29, 0.717) is 5.75 Å². The van der Waals surface area contributed by atoms with Gasteiger partial charge < -0.3 is 9.84 Å². The molecule has 1 aromatic heterocycles. The summed E-state index contributed by atoms with van der Waals surface area (Å²) in [4.78, 5) is 22.9. The van der Waals surface area contributed by atoms with Gasteiger partial charge in [0.25, 0.3) is 0 Å². The van der Waals surface area contributed by atoms with Crippen LogP contribution in [-0.2, 0) is 4.79 Å². The van der Waals surface area contributed by atoms with Gasteiger partial charge in [0.15, 0.2) is 0 Å². The normalized spacial score (nSPS) is 16.9. The number of hydrogen-bond donors (Lipinski definition) is 1. The Kier molecular flexibility index (Phi) is 3.09. The maximum atomic E-state index is 11.9. The van der Waals surface area contributed by atoms with E-state index in [1.54, 1.807) is 24.3 Å². The first-order chi connectivity index (χ1) is 11.1. The molecular weight excluding hydrogens is 316 g/mol. The molecule has 1 aliphatic rings. The van der Waals surface area contributed by atoms with Gasteiger partial charge in [-0.3, -0.25) is 4.79 Å². The van der Waals surface area contributed by atoms with Crippen LogP contribution < -0.4 is 4.74 Å². The lowest BCUT2D eigenvalue weighted by atomic mass is 9.85. The highest BCUT2D eigenvalue weighted by Gasteiger charge is 2.31. The summed E-state index contributed by atoms with van der Waals surface area (Å²) in [5, 5.41) is 9.01. The van der Waals surface area contributed by atoms with Crippen molar-refractivity contribution in [3.05, 3.63) is 53.1 Å². The van der Waals surface area contributed by atoms with Gasteiger partial charge in [0.1, 0.15) is 16.8 Å². The van der Waals surface area contributed by atoms with Crippen molar-refractivity contribution in [2.75, 3.05) is 0 Å². The van der Waals surface area contributed by atoms with Gasteiger partial charge in [-0.1, -0.05) is 12.1 Å². The van der Waals surface area contributed by atoms with Gasteiger partial charge in [-0.05, 0) is 29.8 Å². The second-order valence-corrected chi connectivity index (χ2v) is 5.80. The number of carbonyl (C=O) groups is 2. The molecule has 0 unspecified atom stereocenters. The summed E-state index contributed by atoms with van der Waals surface area (Å²) in [5.74, 6) is -1.02. The zero-order valence-electron chi connectivity index (χ0n) is 11.7. The number of carboxylic acids is 1. The molecule has 23 heavy (non-hydrogen) atoms. The lowest BCUT2D eigenvalue weighted by Crippen LogP contribution is -2.21. The molecule has 114 valence electrons. The molecule has 0 saturated carbocycles. The molecule has 2 aromatic carbocycles. The monoisotopic (exact) mass is 326 g/mol. The average Bonchev–Trinajstić information content (AvgIpc) is 3.02. The molecule has 0 saturated heterocycles. The third-order valence-electron chi connectivity index (χ3n) is 3.93. The largest absolute Gasteiger partial charge is 0.478 e. The Morgan fingerprint density at radius 2 is 1.96 bits per heavy atom. The van der Waals surface area contributed by atoms with Gasteiger partial charge in [-0.15, -0.1) is 0 Å². The molecule has 6 nitrogen and oxygen atoms in total. The molecule has 4 rings (SSSR count). The van der Waals surface area contributed by atoms with Crippen LogP contribution in [0.1, 0.15) is 33.8 Å². The molecule has 0 fully saturated rings. The van der Waals surface area contributed by atoms with E-state index in [9.17, 15) is 9.59 Å². The zero-order valence-corrected chi connectivity index (χ0v) is 12.5. The number of aromatic carboxylic acids is 1. The van der Waals surface area contributed by atoms with Crippen molar-refractivity contribution in [3.63, 3.8) is 0 Å². The van der Waals surface area contributed by atoms with Gasteiger partial charge in [-0.2, -0.15) is 8.75 Å². The summed E-state index contributed by atoms with van der Waals surface area (Å²) >= 11 is 1.11. The molecule has 0 amide bonds. The first-order valence-electron chi connectivity index (χ1n) is 6.92. The highest BCUT2D eigenvalue weighted by atomic mass is 32.1. The molecule has 1 atom stereocenters. The third-order valence-corrected chi connectivity index (χ3v) is 4.47. The average molecular weight is 326 g/mol. The molecule has 0 spiro atoms. The molecular formula is C16H10N2O4S. The molecule has 2 heterocycles. The van der Waals surface area contributed by atoms with Crippen LogP contribution >= 0.6 is 11.7 Å². The predicted molar refractivity (Wildman–Crippen MR) is 82.9 cm³/mol. The Labute approximate surface area is 134 Å². The molecule has 7 heteroatoms. The van der Waals surface area contributed by atoms with E-state index in [2.05, 4.69) is 8.75 Å². The Bertz CT molecular complexity index is 933. The van der Waals surface area contributed by atoms with Crippen LogP contribution in [0.4, 0.5) is 0 Å². The highest BCUT2D eigenvalue weighted by Crippen LogP contribution is 2.42. The Balaban J connectivity index is 1.88. The van der Waals surface area contributed by atoms with Crippen LogP contribution in [0, 0.1) is 0 Å². The van der Waals surface area contributed by atoms with Crippen LogP contribution in [0.5, 0.6) is 5.75 Å². The number of aromatic nitrogens is 2. The smallest absolute Gasteiger partial charge is 0.335 e. The Hall–Kier alpha value is -2.80. The van der Waals surface area contributed by atoms with E-state index in [-0.39, 0.29) is 23.9 Å². The van der Waals surface area contributed by atoms with Crippen molar-refractivity contribution in [2.45, 2.75) is 12.3 Å². The van der Waals surface area contributed by atoms with Gasteiger partial charge >= 0.3 is 11.9 Å². The van der Waals surface area contributed by atoms with Gasteiger partial charge in [0.2, 0.25) is 0 Å². The highest BCUT2D eigenvalue weighted by molar-refractivity contribution is 7.00. The van der Waals surface area contributed by atoms with E-state index < -0.39 is 5.97 Å². The number of fused-ring (bicyclic) bond motifs is 3. The number of ether oxygens (including phenoxy) is 1. The maximum Gasteiger partial charge on any atom is 0.335 e. The summed E-state index contributed by atoms with van der Waals surface area (Å²) in [7, 11) is 0. The minimum absolute atomic E-state index is 0.191. The molecule has 0 bridgehead atoms. The fraction of sp³-hybridized carbons (Fsp3) is 0.125. The van der Waals surface area contributed by atoms with Crippen molar-refractivity contribution >= 4 is 34.7 Å². The number of esters is 1. The quantitative estimate of drug-likeness (QED) is 0.575. The minimum atomic E-state index is -0.980. The van der Waals surface area contributed by atoms with E-state index in [4.69, 9.17) is 9.84 Å². The fourth-order valence-electron chi connectivity index (χ4n) is 2.85. The van der Waals surface area contributed by atoms with E-state index in [1.807, 2.05) is 0 Å². The number of carboxylic acid groups (broad SMARTS) is 1. The van der Waals surface area contributed by atoms with Crippen molar-refractivity contribution in [3.8, 4) is 5.75 Å². The van der Waals surface area contributed by atoms with Crippen LogP contribution in [0.15, 0.2) is 36.4 Å². The summed E-state index contributed by atoms with van der Waals surface area (Å²) in [6.07, 6.45) is 0.191. The SMILES string of the molecule is O=C1C[C@@H](c2ccc(C(=O)O)cc2)c2c(ccc3nsnc23)O1. The number of hydrogen-bond acceptors (Lipinski definition) is 6. The van der Waals surface area contributed by atoms with Crippen molar-refractivity contribution < 1.29 is 19.4 Å². The zero-order chi connectivity index (χ0) is 16.0. The summed E-state index contributed by atoms with van der Waals surface area (Å²) in [5.41, 5.74) is 3.39. The summed E-state index contributed by atoms with van der Waals surface area (Å²) in [6, 6.07) is 10.0. The first-order valence-corrected chi connectivity index (χ1v) is 7.65. The predicted octanol–water partition coefficient (Wildman–Crippen LogP) is 2.83. The van der Waals surface area contributed by atoms with Crippen LogP contribution in [0.3, 0.4) is 0 Å². The molecule has 0 radical (unpaired) electrons. The fourth-order valence-corrected chi connectivity index (χ4v) is 3.40. The van der Waals surface area contributed by atoms with Crippen LogP contribution in [0.2, 0.25) is 0 Å². The first kappa shape index (κ1) is 13.8. The second kappa shape index (κ2) is 5.13. The standard InChI is InChI=1S/C16H10N2O4S/c19-13-7-10(8-1-3-9(4-2-8)16(20)21)14-12(22-13)6-5-11-15(14)18-23-17-11/h1-6,10H,7H2,(H,20,21)/t10-/m0/s1. The maximum absolute atomic E-state index is 11.9. The van der Waals surface area contributed by atoms with E-state index in [0.717, 1.165) is 33.9 Å². The van der Waals surface area contributed by atoms with E-state index >= 15 is 0 Å². The summed E-state index contributed by atoms with van der Waals surface area (Å²) in [6.45, 7) is 0. The number of benzene rings is 2. The number of rotatable bonds is 2. The van der Waals surface area contributed by atoms with Crippen LogP contribution in [-0.4, -0.2) is 25.8 Å². The minimum Gasteiger partial charge on any atom is -0.478 e. The summed E-state index contributed by atoms with van der Waals surface area (Å²) < 4.78 is 13.9. The van der Waals surface area contributed by atoms with Crippen molar-refractivity contribution in [2.24, 2.45) is 0 Å². The van der Waals surface area contributed by atoms with E-state index in [1.165, 1.54) is 12.1 Å². The Morgan fingerprint density at radius 1 is 1.17 bits per heavy atom. The topological polar surface area (TPSA) is 89.4 Å². The van der Waals surface area contributed by atoms with Gasteiger partial charge in [0, 0.05) is 11.5 Å². The molecule has 3 aromatic rings. The molecule has 0 aliphatic carbocycles. The van der Waals surface area contributed by atoms with Crippen molar-refractivity contribution in [1.82, 2.24) is 8.75 Å². The number of nitrogens with zero attached hydrogens (tertiary/aromatic N) is 2. The van der Waals surface area contributed by atoms with Crippen molar-refractivity contribution in [1.29, 1.82) is 0 Å². The third kappa shape index (κ3) is 2.25. The molecule has 1 aliphatic heterocycles. The second-order valence-electron chi connectivity index (χ2n) is 5.27. The lowest BCUT2D eigenvalue weighted by molar-refractivity contribution is -0.135. The van der Waals surface area contributed by atoms with Gasteiger partial charge in [0.05, 0.1) is 23.7 Å². The lowest BCUT2D eigenvalue weighted by Gasteiger charge is -2.25. The van der Waals surface area contributed by atoms with Gasteiger partial charge in [-0.25, -0.2) is 4.79 Å². The number of carbonyl (C=O) groups excluding carboxylic acids is 1. The Morgan fingerprint density at radius 3 is 2.70 bits per heavy atom. The molecule has 1 N–H and O–H groups in total. The van der Waals surface area contributed by atoms with Crippen LogP contribution in [0.25, 0.3) is 11.0 Å².